The van der Waals surface area contributed by atoms with Gasteiger partial charge in [0.2, 0.25) is 4.45 Å². The second kappa shape index (κ2) is 4.52. The van der Waals surface area contributed by atoms with Crippen LogP contribution in [-0.2, 0) is 0 Å². The minimum absolute atomic E-state index is 0.249. The van der Waals surface area contributed by atoms with Crippen LogP contribution in [0.3, 0.4) is 0 Å². The molecule has 0 aromatic rings. The third-order valence-corrected chi connectivity index (χ3v) is 4.57. The van der Waals surface area contributed by atoms with E-state index >= 15 is 0 Å². The molecule has 17 heavy (non-hydrogen) atoms. The molecule has 1 aliphatic heterocycles. The van der Waals surface area contributed by atoms with Gasteiger partial charge >= 0.3 is 12.4 Å². The molecule has 0 aromatic heterocycles. The zero-order valence-corrected chi connectivity index (χ0v) is 9.50. The van der Waals surface area contributed by atoms with E-state index in [1.54, 1.807) is 0 Å². The molecule has 1 aliphatic rings. The number of thioether (sulfide) groups is 2. The number of hydrogen-bond acceptors (Lipinski definition) is 3. The Hall–Kier alpha value is -0.120. The largest absolute Gasteiger partial charge is 0.431 e. The number of carbonyl (C=O) groups is 1. The molecule has 0 amide bonds. The van der Waals surface area contributed by atoms with Crippen LogP contribution >= 0.6 is 23.5 Å². The summed E-state index contributed by atoms with van der Waals surface area (Å²) in [6.45, 7) is 0. The maximum Gasteiger partial charge on any atom is 0.431 e. The minimum atomic E-state index is -6.04. The highest BCUT2D eigenvalue weighted by Gasteiger charge is 2.72. The van der Waals surface area contributed by atoms with Crippen molar-refractivity contribution in [1.82, 2.24) is 0 Å². The van der Waals surface area contributed by atoms with E-state index < -0.39 is 34.1 Å². The maximum atomic E-state index is 13.2. The van der Waals surface area contributed by atoms with E-state index in [2.05, 4.69) is 0 Å². The zero-order chi connectivity index (χ0) is 13.5. The average Bonchev–Trinajstić information content (AvgIpc) is 2.47. The first-order valence-corrected chi connectivity index (χ1v) is 5.99. The van der Waals surface area contributed by atoms with Gasteiger partial charge in [0, 0.05) is 17.4 Å². The van der Waals surface area contributed by atoms with Gasteiger partial charge in [-0.25, -0.2) is 4.39 Å². The number of halogens is 7. The van der Waals surface area contributed by atoms with Crippen molar-refractivity contribution in [2.75, 3.05) is 5.75 Å². The van der Waals surface area contributed by atoms with Crippen LogP contribution in [-0.4, -0.2) is 33.5 Å². The fourth-order valence-electron chi connectivity index (χ4n) is 1.17. The highest BCUT2D eigenvalue weighted by atomic mass is 32.2. The van der Waals surface area contributed by atoms with Gasteiger partial charge in [0.1, 0.15) is 0 Å². The first-order chi connectivity index (χ1) is 7.47. The first kappa shape index (κ1) is 14.9. The molecular weight excluding hydrogens is 297 g/mol. The Morgan fingerprint density at radius 3 is 1.82 bits per heavy atom. The lowest BCUT2D eigenvalue weighted by atomic mass is 9.98. The molecule has 0 saturated carbocycles. The maximum absolute atomic E-state index is 13.2. The molecule has 1 saturated heterocycles. The van der Waals surface area contributed by atoms with Crippen molar-refractivity contribution in [3.8, 4) is 0 Å². The fourth-order valence-corrected chi connectivity index (χ4v) is 3.56. The quantitative estimate of drug-likeness (QED) is 0.712. The number of rotatable bonds is 2. The zero-order valence-electron chi connectivity index (χ0n) is 7.86. The minimum Gasteiger partial charge on any atom is -0.274 e. The van der Waals surface area contributed by atoms with E-state index in [9.17, 15) is 35.5 Å². The second-order valence-electron chi connectivity index (χ2n) is 3.30. The first-order valence-electron chi connectivity index (χ1n) is 4.13. The lowest BCUT2D eigenvalue weighted by Crippen LogP contribution is -2.54. The molecule has 1 atom stereocenters. The van der Waals surface area contributed by atoms with Gasteiger partial charge in [-0.3, -0.25) is 4.79 Å². The van der Waals surface area contributed by atoms with Crippen LogP contribution < -0.4 is 0 Å². The summed E-state index contributed by atoms with van der Waals surface area (Å²) in [6, 6.07) is 0. The van der Waals surface area contributed by atoms with Crippen molar-refractivity contribution in [2.24, 2.45) is 0 Å². The van der Waals surface area contributed by atoms with Crippen molar-refractivity contribution in [1.29, 1.82) is 0 Å². The van der Waals surface area contributed by atoms with Gasteiger partial charge in [-0.2, -0.15) is 26.3 Å². The van der Waals surface area contributed by atoms with E-state index in [0.717, 1.165) is 0 Å². The molecular formula is C7H5F7OS2. The third kappa shape index (κ3) is 3.01. The Bertz CT molecular complexity index is 296. The molecule has 0 bridgehead atoms. The Kier molecular flexibility index (Phi) is 3.98. The highest BCUT2D eigenvalue weighted by molar-refractivity contribution is 8.41. The van der Waals surface area contributed by atoms with E-state index in [-0.39, 0.29) is 5.75 Å². The Morgan fingerprint density at radius 2 is 1.53 bits per heavy atom. The predicted molar refractivity (Wildman–Crippen MR) is 49.8 cm³/mol. The highest BCUT2D eigenvalue weighted by Crippen LogP contribution is 2.51. The molecule has 0 radical (unpaired) electrons. The van der Waals surface area contributed by atoms with Gasteiger partial charge in [0.05, 0.1) is 0 Å². The van der Waals surface area contributed by atoms with Crippen molar-refractivity contribution in [3.63, 3.8) is 0 Å². The van der Waals surface area contributed by atoms with E-state index in [4.69, 9.17) is 0 Å². The molecule has 1 heterocycles. The van der Waals surface area contributed by atoms with Gasteiger partial charge in [-0.1, -0.05) is 23.5 Å². The SMILES string of the molecule is O=C1SCC(CC(F)(C(F)(F)F)C(F)(F)F)S1. The van der Waals surface area contributed by atoms with E-state index in [0.29, 0.717) is 23.5 Å². The van der Waals surface area contributed by atoms with Crippen molar-refractivity contribution in [3.05, 3.63) is 0 Å². The molecule has 1 nitrogen and oxygen atoms in total. The second-order valence-corrected chi connectivity index (χ2v) is 5.83. The summed E-state index contributed by atoms with van der Waals surface area (Å²) in [7, 11) is 0. The van der Waals surface area contributed by atoms with Crippen LogP contribution in [0.5, 0.6) is 0 Å². The van der Waals surface area contributed by atoms with Crippen molar-refractivity contribution < 1.29 is 35.5 Å². The number of hydrogen-bond donors (Lipinski definition) is 0. The molecule has 0 N–H and O–H groups in total. The third-order valence-electron chi connectivity index (χ3n) is 2.06. The molecule has 1 rings (SSSR count). The monoisotopic (exact) mass is 302 g/mol. The lowest BCUT2D eigenvalue weighted by molar-refractivity contribution is -0.342. The summed E-state index contributed by atoms with van der Waals surface area (Å²) in [5, 5.41) is -1.32. The van der Waals surface area contributed by atoms with Crippen LogP contribution in [0.4, 0.5) is 35.5 Å². The van der Waals surface area contributed by atoms with Crippen LogP contribution in [0.25, 0.3) is 0 Å². The Labute approximate surface area is 99.5 Å². The number of carbonyl (C=O) groups excluding carboxylic acids is 1. The summed E-state index contributed by atoms with van der Waals surface area (Å²) >= 11 is 0.899. The topological polar surface area (TPSA) is 17.1 Å². The fraction of sp³-hybridized carbons (Fsp3) is 0.857. The summed E-state index contributed by atoms with van der Waals surface area (Å²) in [5.74, 6) is -0.249. The summed E-state index contributed by atoms with van der Waals surface area (Å²) in [4.78, 5) is 10.7. The van der Waals surface area contributed by atoms with Gasteiger partial charge in [-0.15, -0.1) is 0 Å². The van der Waals surface area contributed by atoms with Gasteiger partial charge in [0.15, 0.2) is 0 Å². The van der Waals surface area contributed by atoms with Crippen molar-refractivity contribution >= 4 is 28.0 Å². The summed E-state index contributed by atoms with van der Waals surface area (Å²) < 4.78 is 85.5. The van der Waals surface area contributed by atoms with Crippen LogP contribution in [0, 0.1) is 0 Å². The van der Waals surface area contributed by atoms with Gasteiger partial charge in [-0.05, 0) is 0 Å². The summed E-state index contributed by atoms with van der Waals surface area (Å²) in [6.07, 6.45) is -13.9. The Morgan fingerprint density at radius 1 is 1.06 bits per heavy atom. The normalized spacial score (nSPS) is 23.2. The molecule has 0 spiro atoms. The van der Waals surface area contributed by atoms with Gasteiger partial charge < -0.3 is 0 Å². The average molecular weight is 302 g/mol. The van der Waals surface area contributed by atoms with E-state index in [1.165, 1.54) is 0 Å². The lowest BCUT2D eigenvalue weighted by Gasteiger charge is -2.31. The predicted octanol–water partition coefficient (Wildman–Crippen LogP) is 4.18. The molecule has 10 heteroatoms. The summed E-state index contributed by atoms with van der Waals surface area (Å²) in [5.41, 5.74) is -5.26. The molecule has 1 unspecified atom stereocenters. The van der Waals surface area contributed by atoms with Crippen LogP contribution in [0.1, 0.15) is 6.42 Å². The molecule has 1 fully saturated rings. The van der Waals surface area contributed by atoms with Crippen LogP contribution in [0.15, 0.2) is 0 Å². The molecule has 0 aliphatic carbocycles. The van der Waals surface area contributed by atoms with Crippen LogP contribution in [0.2, 0.25) is 0 Å². The molecule has 100 valence electrons. The smallest absolute Gasteiger partial charge is 0.274 e. The Balaban J connectivity index is 2.90. The van der Waals surface area contributed by atoms with Crippen molar-refractivity contribution in [2.45, 2.75) is 29.7 Å². The van der Waals surface area contributed by atoms with Gasteiger partial charge in [0.25, 0.3) is 5.67 Å². The number of alkyl halides is 7. The molecule has 0 aromatic carbocycles. The van der Waals surface area contributed by atoms with E-state index in [1.807, 2.05) is 0 Å². The standard InChI is InChI=1S/C7H5F7OS2/c8-5(6(9,10)11,7(12,13)14)1-3-2-16-4(15)17-3/h3H,1-2H2.